The summed E-state index contributed by atoms with van der Waals surface area (Å²) in [5.41, 5.74) is -0.00493. The first kappa shape index (κ1) is 18.2. The van der Waals surface area contributed by atoms with Gasteiger partial charge in [0.05, 0.1) is 0 Å². The quantitative estimate of drug-likeness (QED) is 0.853. The van der Waals surface area contributed by atoms with E-state index >= 15 is 0 Å². The van der Waals surface area contributed by atoms with E-state index in [1.807, 2.05) is 26.8 Å². The Balaban J connectivity index is 1.80. The van der Waals surface area contributed by atoms with Gasteiger partial charge in [-0.2, -0.15) is 0 Å². The topological polar surface area (TPSA) is 62.7 Å². The summed E-state index contributed by atoms with van der Waals surface area (Å²) in [7, 11) is 1.80. The molecule has 0 bridgehead atoms. The van der Waals surface area contributed by atoms with Gasteiger partial charge in [-0.25, -0.2) is 4.79 Å². The van der Waals surface area contributed by atoms with Crippen molar-refractivity contribution >= 4 is 12.0 Å². The van der Waals surface area contributed by atoms with E-state index < -0.39 is 5.60 Å². The van der Waals surface area contributed by atoms with Crippen LogP contribution in [0.4, 0.5) is 4.79 Å². The zero-order valence-corrected chi connectivity index (χ0v) is 15.0. The first-order valence-corrected chi connectivity index (χ1v) is 8.40. The third-order valence-corrected chi connectivity index (χ3v) is 4.03. The Bertz CT molecular complexity index is 561. The van der Waals surface area contributed by atoms with E-state index in [4.69, 9.17) is 4.74 Å². The van der Waals surface area contributed by atoms with Gasteiger partial charge in [-0.1, -0.05) is 6.07 Å². The lowest BCUT2D eigenvalue weighted by Crippen LogP contribution is -2.44. The molecule has 1 aliphatic heterocycles. The molecule has 2 rings (SSSR count). The van der Waals surface area contributed by atoms with Gasteiger partial charge in [-0.15, -0.1) is 0 Å². The van der Waals surface area contributed by atoms with Gasteiger partial charge in [-0.3, -0.25) is 9.78 Å². The molecule has 0 N–H and O–H groups in total. The summed E-state index contributed by atoms with van der Waals surface area (Å²) in [4.78, 5) is 32.0. The Kier molecular flexibility index (Phi) is 5.80. The maximum absolute atomic E-state index is 12.3. The van der Waals surface area contributed by atoms with Gasteiger partial charge in [-0.05, 0) is 51.7 Å². The van der Waals surface area contributed by atoms with Crippen molar-refractivity contribution in [3.05, 3.63) is 30.1 Å². The van der Waals surface area contributed by atoms with Crippen LogP contribution in [-0.2, 0) is 4.74 Å². The van der Waals surface area contributed by atoms with Crippen LogP contribution < -0.4 is 0 Å². The van der Waals surface area contributed by atoms with Gasteiger partial charge in [0.1, 0.15) is 11.3 Å². The molecule has 0 saturated carbocycles. The molecule has 6 heteroatoms. The minimum Gasteiger partial charge on any atom is -0.444 e. The van der Waals surface area contributed by atoms with Crippen LogP contribution in [0.3, 0.4) is 0 Å². The fourth-order valence-corrected chi connectivity index (χ4v) is 2.78. The average Bonchev–Trinajstić information content (AvgIpc) is 2.54. The molecule has 132 valence electrons. The van der Waals surface area contributed by atoms with Crippen molar-refractivity contribution in [2.75, 3.05) is 26.7 Å². The fraction of sp³-hybridized carbons (Fsp3) is 0.611. The predicted molar refractivity (Wildman–Crippen MR) is 91.7 cm³/mol. The summed E-state index contributed by atoms with van der Waals surface area (Å²) >= 11 is 0. The molecule has 24 heavy (non-hydrogen) atoms. The Morgan fingerprint density at radius 3 is 2.50 bits per heavy atom. The minimum atomic E-state index is -0.469. The number of piperidine rings is 1. The van der Waals surface area contributed by atoms with E-state index in [9.17, 15) is 9.59 Å². The Hall–Kier alpha value is -2.11. The molecular formula is C18H27N3O3. The van der Waals surface area contributed by atoms with Crippen molar-refractivity contribution < 1.29 is 14.3 Å². The molecule has 1 aromatic rings. The second-order valence-electron chi connectivity index (χ2n) is 7.31. The van der Waals surface area contributed by atoms with Gasteiger partial charge >= 0.3 is 6.09 Å². The van der Waals surface area contributed by atoms with Gasteiger partial charge in [0.2, 0.25) is 0 Å². The van der Waals surface area contributed by atoms with E-state index in [-0.39, 0.29) is 12.0 Å². The van der Waals surface area contributed by atoms with Crippen LogP contribution in [0.25, 0.3) is 0 Å². The zero-order chi connectivity index (χ0) is 17.7. The molecule has 2 amide bonds. The first-order chi connectivity index (χ1) is 11.3. The number of ether oxygens (including phenoxy) is 1. The van der Waals surface area contributed by atoms with Gasteiger partial charge in [0.25, 0.3) is 5.91 Å². The highest BCUT2D eigenvalue weighted by Gasteiger charge is 2.28. The van der Waals surface area contributed by atoms with Crippen LogP contribution in [0.1, 0.15) is 44.1 Å². The maximum atomic E-state index is 12.3. The Morgan fingerprint density at radius 1 is 1.29 bits per heavy atom. The zero-order valence-electron chi connectivity index (χ0n) is 15.0. The molecule has 2 heterocycles. The van der Waals surface area contributed by atoms with E-state index in [2.05, 4.69) is 4.98 Å². The maximum Gasteiger partial charge on any atom is 0.410 e. The highest BCUT2D eigenvalue weighted by atomic mass is 16.6. The summed E-state index contributed by atoms with van der Waals surface area (Å²) in [5.74, 6) is 0.325. The van der Waals surface area contributed by atoms with Crippen molar-refractivity contribution in [2.24, 2.45) is 5.92 Å². The third kappa shape index (κ3) is 5.22. The highest BCUT2D eigenvalue weighted by Crippen LogP contribution is 2.20. The number of hydrogen-bond donors (Lipinski definition) is 0. The average molecular weight is 333 g/mol. The lowest BCUT2D eigenvalue weighted by molar-refractivity contribution is 0.0171. The monoisotopic (exact) mass is 333 g/mol. The lowest BCUT2D eigenvalue weighted by atomic mass is 9.96. The van der Waals surface area contributed by atoms with Crippen LogP contribution in [0.5, 0.6) is 0 Å². The number of aromatic nitrogens is 1. The molecule has 0 radical (unpaired) electrons. The fourth-order valence-electron chi connectivity index (χ4n) is 2.78. The van der Waals surface area contributed by atoms with Crippen molar-refractivity contribution in [2.45, 2.75) is 39.2 Å². The molecule has 0 unspecified atom stereocenters. The second-order valence-corrected chi connectivity index (χ2v) is 7.31. The van der Waals surface area contributed by atoms with Crippen LogP contribution in [0, 0.1) is 5.92 Å². The van der Waals surface area contributed by atoms with E-state index in [0.717, 1.165) is 12.8 Å². The van der Waals surface area contributed by atoms with Crippen molar-refractivity contribution in [1.29, 1.82) is 0 Å². The molecule has 0 aliphatic carbocycles. The van der Waals surface area contributed by atoms with Crippen LogP contribution in [-0.4, -0.2) is 59.1 Å². The normalized spacial score (nSPS) is 15.9. The van der Waals surface area contributed by atoms with E-state index in [0.29, 0.717) is 31.2 Å². The van der Waals surface area contributed by atoms with E-state index in [1.165, 1.54) is 0 Å². The van der Waals surface area contributed by atoms with Crippen molar-refractivity contribution in [1.82, 2.24) is 14.8 Å². The third-order valence-electron chi connectivity index (χ3n) is 4.03. The number of pyridine rings is 1. The number of hydrogen-bond acceptors (Lipinski definition) is 4. The van der Waals surface area contributed by atoms with Crippen LogP contribution in [0.15, 0.2) is 24.4 Å². The molecule has 1 saturated heterocycles. The molecule has 6 nitrogen and oxygen atoms in total. The van der Waals surface area contributed by atoms with Crippen molar-refractivity contribution in [3.63, 3.8) is 0 Å². The molecule has 0 spiro atoms. The predicted octanol–water partition coefficient (Wildman–Crippen LogP) is 2.80. The van der Waals surface area contributed by atoms with Crippen LogP contribution >= 0.6 is 0 Å². The highest BCUT2D eigenvalue weighted by molar-refractivity contribution is 5.92. The molecule has 0 atom stereocenters. The summed E-state index contributed by atoms with van der Waals surface area (Å²) in [6, 6.07) is 5.33. The van der Waals surface area contributed by atoms with Crippen molar-refractivity contribution in [3.8, 4) is 0 Å². The molecule has 1 aliphatic rings. The second kappa shape index (κ2) is 7.64. The molecule has 1 fully saturated rings. The first-order valence-electron chi connectivity index (χ1n) is 8.40. The number of carbonyl (C=O) groups excluding carboxylic acids is 2. The number of amides is 2. The summed E-state index contributed by atoms with van der Waals surface area (Å²) < 4.78 is 5.40. The number of likely N-dealkylation sites (tertiary alicyclic amines) is 1. The van der Waals surface area contributed by atoms with Crippen LogP contribution in [0.2, 0.25) is 0 Å². The van der Waals surface area contributed by atoms with Gasteiger partial charge in [0, 0.05) is 32.9 Å². The minimum absolute atomic E-state index is 0.0647. The summed E-state index contributed by atoms with van der Waals surface area (Å²) in [5, 5.41) is 0. The number of carbonyl (C=O) groups is 2. The largest absolute Gasteiger partial charge is 0.444 e. The Labute approximate surface area is 143 Å². The molecular weight excluding hydrogens is 306 g/mol. The number of rotatable bonds is 3. The standard InChI is InChI=1S/C18H27N3O3/c1-18(2,3)24-17(23)21-11-8-14(9-12-21)13-20(4)16(22)15-7-5-6-10-19-15/h5-7,10,14H,8-9,11-13H2,1-4H3. The van der Waals surface area contributed by atoms with Gasteiger partial charge in [0.15, 0.2) is 0 Å². The Morgan fingerprint density at radius 2 is 1.96 bits per heavy atom. The van der Waals surface area contributed by atoms with E-state index in [1.54, 1.807) is 35.2 Å². The van der Waals surface area contributed by atoms with Gasteiger partial charge < -0.3 is 14.5 Å². The lowest BCUT2D eigenvalue weighted by Gasteiger charge is -2.34. The SMILES string of the molecule is CN(CC1CCN(C(=O)OC(C)(C)C)CC1)C(=O)c1ccccn1. The number of nitrogens with zero attached hydrogens (tertiary/aromatic N) is 3. The summed E-state index contributed by atoms with van der Waals surface area (Å²) in [6.45, 7) is 7.63. The smallest absolute Gasteiger partial charge is 0.410 e. The molecule has 0 aromatic carbocycles. The summed E-state index contributed by atoms with van der Waals surface area (Å²) in [6.07, 6.45) is 3.12. The molecule has 1 aromatic heterocycles.